The summed E-state index contributed by atoms with van der Waals surface area (Å²) in [6, 6.07) is 30.1. The van der Waals surface area contributed by atoms with E-state index in [0.717, 1.165) is 16.7 Å². The van der Waals surface area contributed by atoms with E-state index in [9.17, 15) is 5.11 Å². The lowest BCUT2D eigenvalue weighted by Crippen LogP contribution is -2.56. The van der Waals surface area contributed by atoms with Gasteiger partial charge in [-0.25, -0.2) is 0 Å². The van der Waals surface area contributed by atoms with E-state index in [1.165, 1.54) is 0 Å². The quantitative estimate of drug-likeness (QED) is 0.248. The molecule has 11 nitrogen and oxygen atoms in total. The molecular weight excluding hydrogens is 680 g/mol. The van der Waals surface area contributed by atoms with Crippen LogP contribution in [-0.4, -0.2) is 91.6 Å². The molecule has 0 aliphatic carbocycles. The molecule has 0 bridgehead atoms. The number of aliphatic hydroxyl groups excluding tert-OH is 1. The van der Waals surface area contributed by atoms with Gasteiger partial charge in [-0.05, 0) is 38.3 Å². The summed E-state index contributed by atoms with van der Waals surface area (Å²) >= 11 is 0. The van der Waals surface area contributed by atoms with Crippen molar-refractivity contribution in [1.82, 2.24) is 0 Å². The predicted molar refractivity (Wildman–Crippen MR) is 191 cm³/mol. The van der Waals surface area contributed by atoms with Crippen molar-refractivity contribution in [3.8, 4) is 0 Å². The van der Waals surface area contributed by atoms with Gasteiger partial charge in [-0.15, -0.1) is 0 Å². The Kier molecular flexibility index (Phi) is 11.3. The molecule has 0 spiro atoms. The lowest BCUT2D eigenvalue weighted by Gasteiger charge is -2.45. The molecule has 5 aliphatic rings. The summed E-state index contributed by atoms with van der Waals surface area (Å²) in [6.07, 6.45) is -5.28. The van der Waals surface area contributed by atoms with Crippen LogP contribution in [0.15, 0.2) is 91.0 Å². The second kappa shape index (κ2) is 16.1. The molecule has 11 heteroatoms. The number of ether oxygens (including phenoxy) is 10. The zero-order chi connectivity index (χ0) is 36.5. The Bertz CT molecular complexity index is 1590. The normalized spacial score (nSPS) is 39.1. The minimum atomic E-state index is -1.06. The fourth-order valence-corrected chi connectivity index (χ4v) is 8.41. The van der Waals surface area contributed by atoms with Gasteiger partial charge in [0.2, 0.25) is 0 Å². The highest BCUT2D eigenvalue weighted by atomic mass is 16.8. The first kappa shape index (κ1) is 37.2. The third-order valence-electron chi connectivity index (χ3n) is 11.2. The van der Waals surface area contributed by atoms with Crippen LogP contribution in [0.25, 0.3) is 0 Å². The highest BCUT2D eigenvalue weighted by Crippen LogP contribution is 2.45. The van der Waals surface area contributed by atoms with Crippen LogP contribution in [0.1, 0.15) is 57.1 Å². The minimum absolute atomic E-state index is 0.0866. The standard InChI is InChI=1S/C42H52O11/c1-25-31(20-30-26(2)47-39(43)37-35(30)52-42(3,4)53-37)46-24-32(45-22-28-16-10-6-11-17-28)34(25)49-41-38-36(50-40(51-38)29-18-12-7-13-19-29)33(48-41)23-44-21-27-14-8-5-9-15-27/h5-19,25-26,30-41,43H,20-24H2,1-4H3/t25?,26?,30-,31-,32+,33+,34?,35?,36-,37?,38?,39?,40+,41-/m0/s1. The van der Waals surface area contributed by atoms with E-state index in [-0.39, 0.29) is 36.3 Å². The van der Waals surface area contributed by atoms with Gasteiger partial charge in [0.15, 0.2) is 24.7 Å². The third kappa shape index (κ3) is 8.27. The lowest BCUT2D eigenvalue weighted by atomic mass is 9.80. The minimum Gasteiger partial charge on any atom is -0.375 e. The maximum Gasteiger partial charge on any atom is 0.187 e. The Hall–Kier alpha value is -2.78. The smallest absolute Gasteiger partial charge is 0.187 e. The Labute approximate surface area is 311 Å². The molecule has 286 valence electrons. The van der Waals surface area contributed by atoms with Gasteiger partial charge in [0, 0.05) is 17.4 Å². The van der Waals surface area contributed by atoms with E-state index >= 15 is 0 Å². The second-order valence-corrected chi connectivity index (χ2v) is 15.4. The summed E-state index contributed by atoms with van der Waals surface area (Å²) < 4.78 is 64.5. The van der Waals surface area contributed by atoms with Crippen molar-refractivity contribution >= 4 is 0 Å². The molecular formula is C42H52O11. The van der Waals surface area contributed by atoms with Crippen molar-refractivity contribution in [3.63, 3.8) is 0 Å². The summed E-state index contributed by atoms with van der Waals surface area (Å²) in [7, 11) is 0. The van der Waals surface area contributed by atoms with E-state index in [1.807, 2.05) is 112 Å². The van der Waals surface area contributed by atoms with Crippen molar-refractivity contribution in [2.24, 2.45) is 11.8 Å². The van der Waals surface area contributed by atoms with Crippen molar-refractivity contribution in [2.45, 2.75) is 127 Å². The van der Waals surface area contributed by atoms with Crippen molar-refractivity contribution in [2.75, 3.05) is 13.2 Å². The van der Waals surface area contributed by atoms with Gasteiger partial charge < -0.3 is 52.5 Å². The average Bonchev–Trinajstić information content (AvgIpc) is 3.84. The summed E-state index contributed by atoms with van der Waals surface area (Å²) in [5.74, 6) is -1.04. The molecule has 1 N–H and O–H groups in total. The number of benzene rings is 3. The molecule has 5 fully saturated rings. The number of aliphatic hydroxyl groups is 1. The first-order chi connectivity index (χ1) is 25.7. The molecule has 5 aliphatic heterocycles. The van der Waals surface area contributed by atoms with Gasteiger partial charge in [-0.2, -0.15) is 0 Å². The van der Waals surface area contributed by atoms with Gasteiger partial charge in [-0.3, -0.25) is 0 Å². The molecule has 0 amide bonds. The number of fused-ring (bicyclic) bond motifs is 2. The molecule has 8 rings (SSSR count). The van der Waals surface area contributed by atoms with Crippen molar-refractivity contribution in [3.05, 3.63) is 108 Å². The third-order valence-corrected chi connectivity index (χ3v) is 11.2. The molecule has 0 radical (unpaired) electrons. The lowest BCUT2D eigenvalue weighted by molar-refractivity contribution is -0.280. The van der Waals surface area contributed by atoms with Crippen LogP contribution in [0, 0.1) is 11.8 Å². The molecule has 3 aromatic rings. The van der Waals surface area contributed by atoms with E-state index in [4.69, 9.17) is 47.4 Å². The maximum absolute atomic E-state index is 10.7. The van der Waals surface area contributed by atoms with Gasteiger partial charge in [0.1, 0.15) is 30.5 Å². The van der Waals surface area contributed by atoms with E-state index in [2.05, 4.69) is 6.92 Å². The first-order valence-electron chi connectivity index (χ1n) is 19.0. The molecule has 5 saturated heterocycles. The van der Waals surface area contributed by atoms with Crippen LogP contribution in [0.2, 0.25) is 0 Å². The zero-order valence-corrected chi connectivity index (χ0v) is 30.8. The monoisotopic (exact) mass is 732 g/mol. The largest absolute Gasteiger partial charge is 0.375 e. The Morgan fingerprint density at radius 1 is 0.717 bits per heavy atom. The Morgan fingerprint density at radius 2 is 1.36 bits per heavy atom. The van der Waals surface area contributed by atoms with Crippen molar-refractivity contribution < 1.29 is 52.5 Å². The van der Waals surface area contributed by atoms with E-state index in [0.29, 0.717) is 32.8 Å². The number of rotatable bonds is 12. The fraction of sp³-hybridized carbons (Fsp3) is 0.571. The van der Waals surface area contributed by atoms with Crippen LogP contribution in [0.4, 0.5) is 0 Å². The van der Waals surface area contributed by atoms with E-state index < -0.39 is 55.2 Å². The zero-order valence-electron chi connectivity index (χ0n) is 30.8. The predicted octanol–water partition coefficient (Wildman–Crippen LogP) is 5.68. The summed E-state index contributed by atoms with van der Waals surface area (Å²) in [5.41, 5.74) is 3.07. The van der Waals surface area contributed by atoms with Gasteiger partial charge in [0.25, 0.3) is 0 Å². The SMILES string of the molecule is CC1OC(O)C2OC(C)(C)OC2[C@H]1C[C@@H]1OC[C@@H](OCc2ccccc2)C(O[C@@H]2O[C@H](COCc3ccccc3)[C@@H]3O[C@@H](c4ccccc4)OC23)C1C. The highest BCUT2D eigenvalue weighted by Gasteiger charge is 2.57. The highest BCUT2D eigenvalue weighted by molar-refractivity contribution is 5.18. The van der Waals surface area contributed by atoms with Crippen molar-refractivity contribution in [1.29, 1.82) is 0 Å². The molecule has 7 unspecified atom stereocenters. The number of hydrogen-bond acceptors (Lipinski definition) is 11. The van der Waals surface area contributed by atoms with E-state index in [1.54, 1.807) is 0 Å². The summed E-state index contributed by atoms with van der Waals surface area (Å²) in [4.78, 5) is 0. The van der Waals surface area contributed by atoms with Gasteiger partial charge in [0.05, 0.1) is 50.8 Å². The number of hydrogen-bond donors (Lipinski definition) is 1. The van der Waals surface area contributed by atoms with Crippen LogP contribution >= 0.6 is 0 Å². The summed E-state index contributed by atoms with van der Waals surface area (Å²) in [5, 5.41) is 10.7. The summed E-state index contributed by atoms with van der Waals surface area (Å²) in [6.45, 7) is 9.33. The molecule has 0 aromatic heterocycles. The average molecular weight is 733 g/mol. The molecule has 14 atom stereocenters. The van der Waals surface area contributed by atoms with Crippen LogP contribution in [0.3, 0.4) is 0 Å². The maximum atomic E-state index is 10.7. The van der Waals surface area contributed by atoms with Gasteiger partial charge in [-0.1, -0.05) is 97.9 Å². The van der Waals surface area contributed by atoms with Crippen LogP contribution < -0.4 is 0 Å². The van der Waals surface area contributed by atoms with Gasteiger partial charge >= 0.3 is 0 Å². The molecule has 3 aromatic carbocycles. The molecule has 53 heavy (non-hydrogen) atoms. The van der Waals surface area contributed by atoms with Crippen LogP contribution in [-0.2, 0) is 60.6 Å². The molecule has 0 saturated carbocycles. The Morgan fingerprint density at radius 3 is 2.08 bits per heavy atom. The Balaban J connectivity index is 1.01. The van der Waals surface area contributed by atoms with Crippen LogP contribution in [0.5, 0.6) is 0 Å². The fourth-order valence-electron chi connectivity index (χ4n) is 8.41. The second-order valence-electron chi connectivity index (χ2n) is 15.4. The first-order valence-corrected chi connectivity index (χ1v) is 19.0. The molecule has 5 heterocycles. The topological polar surface area (TPSA) is 113 Å².